The van der Waals surface area contributed by atoms with E-state index >= 15 is 0 Å². The van der Waals surface area contributed by atoms with E-state index in [9.17, 15) is 0 Å². The summed E-state index contributed by atoms with van der Waals surface area (Å²) in [5.41, 5.74) is 1.16. The molecule has 1 unspecified atom stereocenters. The van der Waals surface area contributed by atoms with Gasteiger partial charge in [-0.3, -0.25) is 0 Å². The lowest BCUT2D eigenvalue weighted by molar-refractivity contribution is 0.268. The highest BCUT2D eigenvalue weighted by molar-refractivity contribution is 9.11. The maximum atomic E-state index is 8.92. The molecule has 2 N–H and O–H groups in total. The average molecular weight is 323 g/mol. The summed E-state index contributed by atoms with van der Waals surface area (Å²) in [7, 11) is 1.90. The summed E-state index contributed by atoms with van der Waals surface area (Å²) in [6.07, 6.45) is 0.714. The highest BCUT2D eigenvalue weighted by Gasteiger charge is 2.11. The average Bonchev–Trinajstić information content (AvgIpc) is 2.18. The van der Waals surface area contributed by atoms with Crippen molar-refractivity contribution in [3.63, 3.8) is 0 Å². The van der Waals surface area contributed by atoms with Crippen LogP contribution in [0.25, 0.3) is 0 Å². The van der Waals surface area contributed by atoms with E-state index in [4.69, 9.17) is 5.11 Å². The molecule has 0 fully saturated rings. The van der Waals surface area contributed by atoms with Gasteiger partial charge in [-0.25, -0.2) is 0 Å². The lowest BCUT2D eigenvalue weighted by atomic mass is 10.0. The molecule has 0 aliphatic rings. The molecule has 0 radical (unpaired) electrons. The molecule has 0 saturated heterocycles. The molecule has 0 bridgehead atoms. The summed E-state index contributed by atoms with van der Waals surface area (Å²) < 4.78 is 2.11. The predicted molar refractivity (Wildman–Crippen MR) is 65.3 cm³/mol. The lowest BCUT2D eigenvalue weighted by Crippen LogP contribution is -2.18. The minimum absolute atomic E-state index is 0.185. The molecule has 0 saturated carbocycles. The Kier molecular flexibility index (Phi) is 5.09. The van der Waals surface area contributed by atoms with Crippen LogP contribution in [0.2, 0.25) is 0 Å². The minimum Gasteiger partial charge on any atom is -0.396 e. The second-order valence-electron chi connectivity index (χ2n) is 3.02. The van der Waals surface area contributed by atoms with Gasteiger partial charge in [-0.05, 0) is 37.2 Å². The van der Waals surface area contributed by atoms with E-state index in [-0.39, 0.29) is 12.6 Å². The topological polar surface area (TPSA) is 32.3 Å². The highest BCUT2D eigenvalue weighted by atomic mass is 79.9. The summed E-state index contributed by atoms with van der Waals surface area (Å²) in [6.45, 7) is 0.185. The lowest BCUT2D eigenvalue weighted by Gasteiger charge is -2.17. The quantitative estimate of drug-likeness (QED) is 0.893. The zero-order valence-electron chi connectivity index (χ0n) is 7.93. The molecule has 1 aromatic carbocycles. The van der Waals surface area contributed by atoms with E-state index in [1.807, 2.05) is 19.2 Å². The maximum absolute atomic E-state index is 8.92. The molecule has 1 atom stereocenters. The number of benzene rings is 1. The third kappa shape index (κ3) is 3.05. The van der Waals surface area contributed by atoms with Gasteiger partial charge >= 0.3 is 0 Å². The first kappa shape index (κ1) is 12.2. The van der Waals surface area contributed by atoms with Crippen molar-refractivity contribution < 1.29 is 5.11 Å². The number of nitrogens with one attached hydrogen (secondary N) is 1. The summed E-state index contributed by atoms with van der Waals surface area (Å²) >= 11 is 6.93. The molecule has 4 heteroatoms. The van der Waals surface area contributed by atoms with Gasteiger partial charge in [0.1, 0.15) is 0 Å². The van der Waals surface area contributed by atoms with Gasteiger partial charge in [0.05, 0.1) is 0 Å². The zero-order valence-corrected chi connectivity index (χ0v) is 11.1. The Morgan fingerprint density at radius 2 is 2.14 bits per heavy atom. The molecule has 2 nitrogen and oxygen atoms in total. The van der Waals surface area contributed by atoms with Crippen LogP contribution in [0.3, 0.4) is 0 Å². The van der Waals surface area contributed by atoms with Crippen LogP contribution in [0, 0.1) is 0 Å². The molecule has 1 rings (SSSR count). The molecule has 14 heavy (non-hydrogen) atoms. The molecule has 0 amide bonds. The first-order valence-corrected chi connectivity index (χ1v) is 6.00. The summed E-state index contributed by atoms with van der Waals surface area (Å²) in [5.74, 6) is 0. The van der Waals surface area contributed by atoms with Crippen LogP contribution >= 0.6 is 31.9 Å². The normalized spacial score (nSPS) is 12.9. The van der Waals surface area contributed by atoms with Gasteiger partial charge in [-0.2, -0.15) is 0 Å². The molecule has 0 spiro atoms. The fourth-order valence-corrected chi connectivity index (χ4v) is 2.27. The van der Waals surface area contributed by atoms with Gasteiger partial charge in [0.15, 0.2) is 0 Å². The van der Waals surface area contributed by atoms with Gasteiger partial charge in [-0.1, -0.05) is 31.9 Å². The number of aliphatic hydroxyl groups excluding tert-OH is 1. The molecular formula is C10H13Br2NO. The van der Waals surface area contributed by atoms with Crippen LogP contribution in [0.5, 0.6) is 0 Å². The second-order valence-corrected chi connectivity index (χ2v) is 4.79. The van der Waals surface area contributed by atoms with Crippen LogP contribution in [0.1, 0.15) is 18.0 Å². The largest absolute Gasteiger partial charge is 0.396 e. The van der Waals surface area contributed by atoms with Gasteiger partial charge in [0, 0.05) is 21.6 Å². The number of halogens is 2. The van der Waals surface area contributed by atoms with Gasteiger partial charge < -0.3 is 10.4 Å². The van der Waals surface area contributed by atoms with Crippen LogP contribution in [0.15, 0.2) is 27.1 Å². The zero-order chi connectivity index (χ0) is 10.6. The van der Waals surface area contributed by atoms with Crippen LogP contribution in [0.4, 0.5) is 0 Å². The van der Waals surface area contributed by atoms with E-state index in [0.717, 1.165) is 14.5 Å². The Bertz CT molecular complexity index is 304. The van der Waals surface area contributed by atoms with Crippen molar-refractivity contribution in [1.82, 2.24) is 5.32 Å². The number of rotatable bonds is 4. The molecular weight excluding hydrogens is 310 g/mol. The number of hydrogen-bond donors (Lipinski definition) is 2. The Labute approximate surface area is 101 Å². The molecule has 0 aliphatic carbocycles. The smallest absolute Gasteiger partial charge is 0.0449 e. The molecule has 1 aromatic rings. The Morgan fingerprint density at radius 3 is 2.71 bits per heavy atom. The first-order valence-electron chi connectivity index (χ1n) is 4.42. The van der Waals surface area contributed by atoms with E-state index in [0.29, 0.717) is 6.42 Å². The van der Waals surface area contributed by atoms with Crippen molar-refractivity contribution in [1.29, 1.82) is 0 Å². The molecule has 0 aromatic heterocycles. The van der Waals surface area contributed by atoms with Gasteiger partial charge in [-0.15, -0.1) is 0 Å². The van der Waals surface area contributed by atoms with Crippen LogP contribution < -0.4 is 5.32 Å². The van der Waals surface area contributed by atoms with Crippen molar-refractivity contribution in [2.75, 3.05) is 13.7 Å². The van der Waals surface area contributed by atoms with Crippen molar-refractivity contribution >= 4 is 31.9 Å². The van der Waals surface area contributed by atoms with Crippen molar-refractivity contribution in [3.8, 4) is 0 Å². The van der Waals surface area contributed by atoms with Crippen molar-refractivity contribution in [2.24, 2.45) is 0 Å². The monoisotopic (exact) mass is 321 g/mol. The minimum atomic E-state index is 0.185. The van der Waals surface area contributed by atoms with Crippen LogP contribution in [-0.4, -0.2) is 18.8 Å². The fraction of sp³-hybridized carbons (Fsp3) is 0.400. The van der Waals surface area contributed by atoms with Crippen LogP contribution in [-0.2, 0) is 0 Å². The summed E-state index contributed by atoms with van der Waals surface area (Å²) in [6, 6.07) is 6.23. The number of hydrogen-bond acceptors (Lipinski definition) is 2. The Hall–Kier alpha value is 0.1000. The third-order valence-corrected chi connectivity index (χ3v) is 3.32. The van der Waals surface area contributed by atoms with Crippen molar-refractivity contribution in [2.45, 2.75) is 12.5 Å². The first-order chi connectivity index (χ1) is 6.69. The van der Waals surface area contributed by atoms with Crippen molar-refractivity contribution in [3.05, 3.63) is 32.7 Å². The SMILES string of the molecule is CNC(CCO)c1cc(Br)ccc1Br. The maximum Gasteiger partial charge on any atom is 0.0449 e. The molecule has 78 valence electrons. The fourth-order valence-electron chi connectivity index (χ4n) is 1.37. The van der Waals surface area contributed by atoms with E-state index in [1.165, 1.54) is 0 Å². The van der Waals surface area contributed by atoms with Gasteiger partial charge in [0.25, 0.3) is 0 Å². The summed E-state index contributed by atoms with van der Waals surface area (Å²) in [5, 5.41) is 12.1. The molecule has 0 heterocycles. The second kappa shape index (κ2) is 5.85. The Balaban J connectivity index is 2.96. The predicted octanol–water partition coefficient (Wildman–Crippen LogP) is 2.85. The third-order valence-electron chi connectivity index (χ3n) is 2.10. The summed E-state index contributed by atoms with van der Waals surface area (Å²) in [4.78, 5) is 0. The Morgan fingerprint density at radius 1 is 1.43 bits per heavy atom. The van der Waals surface area contributed by atoms with E-state index in [2.05, 4.69) is 43.2 Å². The highest BCUT2D eigenvalue weighted by Crippen LogP contribution is 2.28. The van der Waals surface area contributed by atoms with E-state index in [1.54, 1.807) is 0 Å². The molecule has 0 aliphatic heterocycles. The number of aliphatic hydroxyl groups is 1. The standard InChI is InChI=1S/C10H13Br2NO/c1-13-10(4-5-14)8-6-7(11)2-3-9(8)12/h2-3,6,10,13-14H,4-5H2,1H3. The van der Waals surface area contributed by atoms with Gasteiger partial charge in [0.2, 0.25) is 0 Å². The van der Waals surface area contributed by atoms with E-state index < -0.39 is 0 Å².